The predicted octanol–water partition coefficient (Wildman–Crippen LogP) is 15.4. The first-order valence-corrected chi connectivity index (χ1v) is 20.4. The first-order valence-electron chi connectivity index (χ1n) is 20.4. The summed E-state index contributed by atoms with van der Waals surface area (Å²) in [7, 11) is 0. The van der Waals surface area contributed by atoms with Crippen molar-refractivity contribution in [3.63, 3.8) is 0 Å². The average Bonchev–Trinajstić information content (AvgIpc) is 3.92. The molecule has 1 heterocycles. The van der Waals surface area contributed by atoms with E-state index in [0.29, 0.717) is 0 Å². The molecule has 11 aromatic rings. The third-order valence-electron chi connectivity index (χ3n) is 13.0. The lowest BCUT2D eigenvalue weighted by atomic mass is 9.70. The number of para-hydroxylation sites is 1. The minimum absolute atomic E-state index is 0.455. The molecule has 2 aliphatic carbocycles. The Balaban J connectivity index is 1.11. The van der Waals surface area contributed by atoms with Crippen LogP contribution in [-0.4, -0.2) is 0 Å². The summed E-state index contributed by atoms with van der Waals surface area (Å²) in [5.41, 5.74) is 17.5. The Kier molecular flexibility index (Phi) is 6.68. The zero-order chi connectivity index (χ0) is 38.7. The highest BCUT2D eigenvalue weighted by Gasteiger charge is 2.51. The molecule has 1 aromatic heterocycles. The molecular weight excluding hydrogens is 715 g/mol. The molecular formula is C57H35NO. The highest BCUT2D eigenvalue weighted by molar-refractivity contribution is 6.17. The fourth-order valence-corrected chi connectivity index (χ4v) is 10.7. The monoisotopic (exact) mass is 749 g/mol. The van der Waals surface area contributed by atoms with Gasteiger partial charge in [-0.05, 0) is 109 Å². The second-order valence-electron chi connectivity index (χ2n) is 15.9. The molecule has 1 spiro atoms. The Morgan fingerprint density at radius 1 is 0.322 bits per heavy atom. The number of rotatable bonds is 4. The van der Waals surface area contributed by atoms with Crippen LogP contribution >= 0.6 is 0 Å². The maximum atomic E-state index is 6.63. The van der Waals surface area contributed by atoms with Crippen molar-refractivity contribution in [2.45, 2.75) is 5.41 Å². The minimum Gasteiger partial charge on any atom is -0.456 e. The van der Waals surface area contributed by atoms with Crippen LogP contribution in [0.4, 0.5) is 17.1 Å². The van der Waals surface area contributed by atoms with E-state index in [1.54, 1.807) is 0 Å². The van der Waals surface area contributed by atoms with Crippen molar-refractivity contribution in [2.75, 3.05) is 4.90 Å². The van der Waals surface area contributed by atoms with E-state index >= 15 is 0 Å². The van der Waals surface area contributed by atoms with Crippen LogP contribution in [0.3, 0.4) is 0 Å². The van der Waals surface area contributed by atoms with Crippen LogP contribution in [0, 0.1) is 0 Å². The van der Waals surface area contributed by atoms with Crippen LogP contribution in [-0.2, 0) is 5.41 Å². The molecule has 0 amide bonds. The van der Waals surface area contributed by atoms with Gasteiger partial charge in [-0.15, -0.1) is 0 Å². The summed E-state index contributed by atoms with van der Waals surface area (Å²) in [5, 5.41) is 7.01. The van der Waals surface area contributed by atoms with Crippen molar-refractivity contribution in [3.8, 4) is 33.4 Å². The number of hydrogen-bond acceptors (Lipinski definition) is 2. The summed E-state index contributed by atoms with van der Waals surface area (Å²) in [6.07, 6.45) is 0. The van der Waals surface area contributed by atoms with E-state index < -0.39 is 5.41 Å². The molecule has 13 rings (SSSR count). The largest absolute Gasteiger partial charge is 0.456 e. The molecule has 2 aliphatic rings. The normalized spacial score (nSPS) is 13.2. The van der Waals surface area contributed by atoms with Gasteiger partial charge in [0.15, 0.2) is 0 Å². The van der Waals surface area contributed by atoms with Crippen molar-refractivity contribution in [3.05, 3.63) is 235 Å². The number of fused-ring (bicyclic) bond motifs is 15. The second-order valence-corrected chi connectivity index (χ2v) is 15.9. The third kappa shape index (κ3) is 4.40. The van der Waals surface area contributed by atoms with Crippen molar-refractivity contribution >= 4 is 60.5 Å². The molecule has 274 valence electrons. The van der Waals surface area contributed by atoms with Crippen LogP contribution < -0.4 is 4.90 Å². The van der Waals surface area contributed by atoms with Gasteiger partial charge in [-0.3, -0.25) is 0 Å². The zero-order valence-corrected chi connectivity index (χ0v) is 32.1. The molecule has 0 saturated carbocycles. The van der Waals surface area contributed by atoms with Crippen LogP contribution in [0.15, 0.2) is 217 Å². The van der Waals surface area contributed by atoms with Gasteiger partial charge >= 0.3 is 0 Å². The summed E-state index contributed by atoms with van der Waals surface area (Å²) in [4.78, 5) is 2.50. The quantitative estimate of drug-likeness (QED) is 0.178. The van der Waals surface area contributed by atoms with E-state index in [9.17, 15) is 0 Å². The van der Waals surface area contributed by atoms with Gasteiger partial charge < -0.3 is 9.32 Å². The number of nitrogens with zero attached hydrogens (tertiary/aromatic N) is 1. The van der Waals surface area contributed by atoms with Gasteiger partial charge in [0.1, 0.15) is 11.2 Å². The van der Waals surface area contributed by atoms with Crippen molar-refractivity contribution in [2.24, 2.45) is 0 Å². The molecule has 0 unspecified atom stereocenters. The highest BCUT2D eigenvalue weighted by atomic mass is 16.3. The Morgan fingerprint density at radius 3 is 1.58 bits per heavy atom. The summed E-state index contributed by atoms with van der Waals surface area (Å²) < 4.78 is 6.63. The van der Waals surface area contributed by atoms with Gasteiger partial charge in [-0.2, -0.15) is 0 Å². The second kappa shape index (κ2) is 12.2. The number of furan rings is 1. The first-order chi connectivity index (χ1) is 29.3. The molecule has 0 fully saturated rings. The van der Waals surface area contributed by atoms with E-state index in [2.05, 4.69) is 217 Å². The maximum absolute atomic E-state index is 6.63. The Bertz CT molecular complexity index is 3470. The van der Waals surface area contributed by atoms with Gasteiger partial charge in [0.05, 0.1) is 16.8 Å². The highest BCUT2D eigenvalue weighted by Crippen LogP contribution is 2.63. The Morgan fingerprint density at radius 2 is 0.847 bits per heavy atom. The minimum atomic E-state index is -0.455. The maximum Gasteiger partial charge on any atom is 0.136 e. The van der Waals surface area contributed by atoms with Crippen LogP contribution in [0.25, 0.3) is 76.9 Å². The van der Waals surface area contributed by atoms with Gasteiger partial charge in [0.2, 0.25) is 0 Å². The molecule has 0 saturated heterocycles. The summed E-state index contributed by atoms with van der Waals surface area (Å²) in [6, 6.07) is 78.1. The zero-order valence-electron chi connectivity index (χ0n) is 32.1. The molecule has 10 aromatic carbocycles. The lowest BCUT2D eigenvalue weighted by Gasteiger charge is -2.33. The molecule has 2 heteroatoms. The molecule has 2 nitrogen and oxygen atoms in total. The van der Waals surface area contributed by atoms with Crippen LogP contribution in [0.5, 0.6) is 0 Å². The van der Waals surface area contributed by atoms with E-state index in [-0.39, 0.29) is 0 Å². The first kappa shape index (κ1) is 32.4. The third-order valence-corrected chi connectivity index (χ3v) is 13.0. The van der Waals surface area contributed by atoms with Crippen LogP contribution in [0.2, 0.25) is 0 Å². The van der Waals surface area contributed by atoms with E-state index in [1.165, 1.54) is 66.1 Å². The van der Waals surface area contributed by atoms with Crippen molar-refractivity contribution < 1.29 is 4.42 Å². The molecule has 0 atom stereocenters. The Labute approximate surface area is 341 Å². The summed E-state index contributed by atoms with van der Waals surface area (Å²) in [6.45, 7) is 0. The molecule has 0 bridgehead atoms. The Hall–Kier alpha value is -7.68. The lowest BCUT2D eigenvalue weighted by molar-refractivity contribution is 0.669. The smallest absolute Gasteiger partial charge is 0.136 e. The molecule has 0 N–H and O–H groups in total. The van der Waals surface area contributed by atoms with Gasteiger partial charge in [0.25, 0.3) is 0 Å². The topological polar surface area (TPSA) is 16.4 Å². The average molecular weight is 750 g/mol. The van der Waals surface area contributed by atoms with Gasteiger partial charge in [-0.25, -0.2) is 0 Å². The SMILES string of the molecule is c1ccc(N(c2ccc3c(c2)C2(c4ccccc4-c4ccccc42)c2ccccc2-3)c2cccc3ccccc23)c(-c2cccc3oc4cc5ccccc5cc4c23)c1. The molecule has 0 radical (unpaired) electrons. The van der Waals surface area contributed by atoms with E-state index in [1.807, 2.05) is 0 Å². The van der Waals surface area contributed by atoms with Crippen molar-refractivity contribution in [1.82, 2.24) is 0 Å². The lowest BCUT2D eigenvalue weighted by Crippen LogP contribution is -2.26. The predicted molar refractivity (Wildman–Crippen MR) is 245 cm³/mol. The summed E-state index contributed by atoms with van der Waals surface area (Å²) in [5.74, 6) is 0. The molecule has 0 aliphatic heterocycles. The number of benzene rings is 10. The summed E-state index contributed by atoms with van der Waals surface area (Å²) >= 11 is 0. The molecule has 59 heavy (non-hydrogen) atoms. The fraction of sp³-hybridized carbons (Fsp3) is 0.0175. The van der Waals surface area contributed by atoms with Gasteiger partial charge in [0, 0.05) is 27.4 Å². The van der Waals surface area contributed by atoms with E-state index in [0.717, 1.165) is 50.1 Å². The van der Waals surface area contributed by atoms with Crippen LogP contribution in [0.1, 0.15) is 22.3 Å². The van der Waals surface area contributed by atoms with Gasteiger partial charge in [-0.1, -0.05) is 170 Å². The number of hydrogen-bond donors (Lipinski definition) is 0. The van der Waals surface area contributed by atoms with E-state index in [4.69, 9.17) is 4.42 Å². The standard InChI is InChI=1S/C57H35NO/c1-2-17-38-34-55-47(33-37(38)16-1)56-46(24-14-30-54(56)59-55)45-23-8-12-28-53(45)58(52-29-13-18-36-15-3-4-19-40(36)52)39-31-32-44-43-22-7-11-27-50(43)57(51(44)35-39)48-25-9-5-20-41(48)42-21-6-10-26-49(42)57/h1-35H. The van der Waals surface area contributed by atoms with Crippen molar-refractivity contribution in [1.29, 1.82) is 0 Å². The fourth-order valence-electron chi connectivity index (χ4n) is 10.7. The number of anilines is 3.